The zero-order chi connectivity index (χ0) is 21.9. The molecule has 1 aromatic rings. The van der Waals surface area contributed by atoms with Gasteiger partial charge in [0.05, 0.1) is 6.61 Å². The van der Waals surface area contributed by atoms with E-state index in [0.717, 1.165) is 0 Å². The molecular formula is C21H27FO6S2. The lowest BCUT2D eigenvalue weighted by Crippen LogP contribution is -2.41. The van der Waals surface area contributed by atoms with Gasteiger partial charge in [-0.1, -0.05) is 11.8 Å². The number of hydrogen-bond donors (Lipinski definition) is 0. The van der Waals surface area contributed by atoms with Gasteiger partial charge in [-0.15, -0.1) is 0 Å². The maximum absolute atomic E-state index is 13.1. The van der Waals surface area contributed by atoms with Gasteiger partial charge in [-0.3, -0.25) is 4.79 Å². The van der Waals surface area contributed by atoms with Crippen LogP contribution >= 0.6 is 24.0 Å². The number of ether oxygens (including phenoxy) is 5. The first-order valence-corrected chi connectivity index (χ1v) is 11.2. The van der Waals surface area contributed by atoms with Crippen molar-refractivity contribution in [1.29, 1.82) is 0 Å². The van der Waals surface area contributed by atoms with Crippen LogP contribution in [0.15, 0.2) is 24.3 Å². The zero-order valence-electron chi connectivity index (χ0n) is 17.5. The van der Waals surface area contributed by atoms with Crippen molar-refractivity contribution in [1.82, 2.24) is 0 Å². The van der Waals surface area contributed by atoms with Gasteiger partial charge >= 0.3 is 0 Å². The molecule has 2 aliphatic heterocycles. The highest BCUT2D eigenvalue weighted by Crippen LogP contribution is 2.42. The van der Waals surface area contributed by atoms with E-state index in [-0.39, 0.29) is 35.5 Å². The molecule has 0 bridgehead atoms. The summed E-state index contributed by atoms with van der Waals surface area (Å²) in [7, 11) is 1.60. The van der Waals surface area contributed by atoms with Crippen LogP contribution in [0.25, 0.3) is 0 Å². The molecule has 0 spiro atoms. The van der Waals surface area contributed by atoms with Crippen LogP contribution in [0.3, 0.4) is 0 Å². The molecule has 6 nitrogen and oxygen atoms in total. The van der Waals surface area contributed by atoms with Crippen molar-refractivity contribution in [3.05, 3.63) is 35.6 Å². The summed E-state index contributed by atoms with van der Waals surface area (Å²) in [6.45, 7) is 5.97. The molecule has 166 valence electrons. The van der Waals surface area contributed by atoms with Gasteiger partial charge in [-0.2, -0.15) is 0 Å². The van der Waals surface area contributed by atoms with Gasteiger partial charge in [0.1, 0.15) is 24.1 Å². The third kappa shape index (κ3) is 5.57. The number of thioether (sulfide) groups is 1. The van der Waals surface area contributed by atoms with Gasteiger partial charge in [0, 0.05) is 24.3 Å². The fraction of sp³-hybridized carbons (Fsp3) is 0.619. The van der Waals surface area contributed by atoms with Crippen LogP contribution in [0.2, 0.25) is 0 Å². The van der Waals surface area contributed by atoms with Crippen molar-refractivity contribution in [2.24, 2.45) is 0 Å². The fourth-order valence-electron chi connectivity index (χ4n) is 3.69. The maximum Gasteiger partial charge on any atom is 0.220 e. The van der Waals surface area contributed by atoms with Crippen molar-refractivity contribution in [3.8, 4) is 0 Å². The Hall–Kier alpha value is -1.10. The van der Waals surface area contributed by atoms with E-state index in [0.29, 0.717) is 23.0 Å². The lowest BCUT2D eigenvalue weighted by atomic mass is 10.0. The van der Waals surface area contributed by atoms with Gasteiger partial charge in [0.15, 0.2) is 17.9 Å². The lowest BCUT2D eigenvalue weighted by molar-refractivity contribution is -0.216. The van der Waals surface area contributed by atoms with Crippen LogP contribution in [0.5, 0.6) is 0 Å². The molecule has 2 fully saturated rings. The Morgan fingerprint density at radius 3 is 2.63 bits per heavy atom. The first-order valence-electron chi connectivity index (χ1n) is 9.90. The normalized spacial score (nSPS) is 28.2. The number of Topliss-reactive ketones (excluding diaryl/α,β-unsaturated/α-hetero) is 1. The minimum atomic E-state index is -0.751. The van der Waals surface area contributed by atoms with Crippen molar-refractivity contribution in [3.63, 3.8) is 0 Å². The second kappa shape index (κ2) is 10.0. The average Bonchev–Trinajstić information content (AvgIpc) is 3.16. The van der Waals surface area contributed by atoms with Gasteiger partial charge < -0.3 is 23.7 Å². The van der Waals surface area contributed by atoms with Crippen molar-refractivity contribution in [2.75, 3.05) is 13.7 Å². The van der Waals surface area contributed by atoms with Crippen LogP contribution in [-0.2, 0) is 23.7 Å². The summed E-state index contributed by atoms with van der Waals surface area (Å²) < 4.78 is 42.6. The highest BCUT2D eigenvalue weighted by Gasteiger charge is 2.57. The number of fused-ring (bicyclic) bond motifs is 1. The number of methoxy groups -OCH3 is 1. The number of ketones is 1. The smallest absolute Gasteiger partial charge is 0.220 e. The Bertz CT molecular complexity index is 756. The Morgan fingerprint density at radius 1 is 1.30 bits per heavy atom. The molecule has 9 heteroatoms. The van der Waals surface area contributed by atoms with Crippen molar-refractivity contribution in [2.45, 2.75) is 69.3 Å². The first-order chi connectivity index (χ1) is 14.2. The molecule has 0 amide bonds. The molecule has 2 heterocycles. The molecule has 0 aliphatic carbocycles. The third-order valence-corrected chi connectivity index (χ3v) is 6.52. The number of thiocarbonyl (C=S) groups is 1. The van der Waals surface area contributed by atoms with Gasteiger partial charge in [-0.25, -0.2) is 4.39 Å². The standard InChI is InChI=1S/C21H27FO6S2/c1-5-25-20(29)30-15(11-10-14(23)12-6-8-13(22)9-7-12)16-17(24-4)18-19(26-16)28-21(2,3)27-18/h6-9,15-19H,5,10-11H2,1-4H3/t15?,16-,17+,18-,19-/m1/s1. The Balaban J connectivity index is 1.71. The minimum Gasteiger partial charge on any atom is -0.479 e. The predicted molar refractivity (Wildman–Crippen MR) is 115 cm³/mol. The van der Waals surface area contributed by atoms with E-state index in [1.54, 1.807) is 7.11 Å². The van der Waals surface area contributed by atoms with E-state index < -0.39 is 18.2 Å². The Labute approximate surface area is 185 Å². The second-order valence-electron chi connectivity index (χ2n) is 7.58. The SMILES string of the molecule is CCOC(=S)SC(CCC(=O)c1ccc(F)cc1)[C@H]1O[C@@H]2OC(C)(C)O[C@@H]2[C@H]1OC. The summed E-state index contributed by atoms with van der Waals surface area (Å²) in [6.07, 6.45) is -0.971. The minimum absolute atomic E-state index is 0.0799. The van der Waals surface area contributed by atoms with Crippen LogP contribution in [0, 0.1) is 5.82 Å². The lowest BCUT2D eigenvalue weighted by Gasteiger charge is -2.30. The van der Waals surface area contributed by atoms with E-state index >= 15 is 0 Å². The number of halogens is 1. The maximum atomic E-state index is 13.1. The monoisotopic (exact) mass is 458 g/mol. The predicted octanol–water partition coefficient (Wildman–Crippen LogP) is 4.10. The van der Waals surface area contributed by atoms with E-state index in [4.69, 9.17) is 35.9 Å². The van der Waals surface area contributed by atoms with E-state index in [2.05, 4.69) is 0 Å². The number of carbonyl (C=O) groups excluding carboxylic acids is 1. The molecule has 0 radical (unpaired) electrons. The Morgan fingerprint density at radius 2 is 2.00 bits per heavy atom. The van der Waals surface area contributed by atoms with Crippen LogP contribution in [0.1, 0.15) is 44.0 Å². The highest BCUT2D eigenvalue weighted by atomic mass is 32.2. The van der Waals surface area contributed by atoms with Crippen molar-refractivity contribution < 1.29 is 32.9 Å². The molecule has 2 aliphatic rings. The van der Waals surface area contributed by atoms with E-state index in [9.17, 15) is 9.18 Å². The highest BCUT2D eigenvalue weighted by molar-refractivity contribution is 8.23. The largest absolute Gasteiger partial charge is 0.479 e. The molecule has 0 N–H and O–H groups in total. The molecular weight excluding hydrogens is 431 g/mol. The number of rotatable bonds is 8. The first kappa shape index (κ1) is 23.6. The fourth-order valence-corrected chi connectivity index (χ4v) is 5.20. The summed E-state index contributed by atoms with van der Waals surface area (Å²) in [5.74, 6) is -1.21. The molecule has 2 saturated heterocycles. The summed E-state index contributed by atoms with van der Waals surface area (Å²) in [5, 5.41) is -0.209. The van der Waals surface area contributed by atoms with E-state index in [1.807, 2.05) is 20.8 Å². The number of carbonyl (C=O) groups is 1. The Kier molecular flexibility index (Phi) is 7.86. The topological polar surface area (TPSA) is 63.2 Å². The zero-order valence-corrected chi connectivity index (χ0v) is 19.1. The quantitative estimate of drug-likeness (QED) is 0.426. The summed E-state index contributed by atoms with van der Waals surface area (Å²) in [5.41, 5.74) is 0.466. The molecule has 5 atom stereocenters. The third-order valence-electron chi connectivity index (χ3n) is 5.00. The molecule has 0 aromatic heterocycles. The molecule has 0 saturated carbocycles. The number of benzene rings is 1. The van der Waals surface area contributed by atoms with Crippen molar-refractivity contribution >= 4 is 34.1 Å². The van der Waals surface area contributed by atoms with E-state index in [1.165, 1.54) is 36.0 Å². The average molecular weight is 459 g/mol. The van der Waals surface area contributed by atoms with Crippen LogP contribution in [-0.4, -0.2) is 59.5 Å². The van der Waals surface area contributed by atoms with Gasteiger partial charge in [0.2, 0.25) is 4.38 Å². The summed E-state index contributed by atoms with van der Waals surface area (Å²) in [6, 6.07) is 5.54. The molecule has 3 rings (SSSR count). The second-order valence-corrected chi connectivity index (χ2v) is 9.42. The number of hydrogen-bond acceptors (Lipinski definition) is 8. The summed E-state index contributed by atoms with van der Waals surface area (Å²) in [4.78, 5) is 12.6. The molecule has 30 heavy (non-hydrogen) atoms. The van der Waals surface area contributed by atoms with Crippen LogP contribution < -0.4 is 0 Å². The molecule has 1 unspecified atom stereocenters. The molecule has 1 aromatic carbocycles. The van der Waals surface area contributed by atoms with Gasteiger partial charge in [0.25, 0.3) is 0 Å². The van der Waals surface area contributed by atoms with Crippen LogP contribution in [0.4, 0.5) is 4.39 Å². The van der Waals surface area contributed by atoms with Gasteiger partial charge in [-0.05, 0) is 63.7 Å². The summed E-state index contributed by atoms with van der Waals surface area (Å²) >= 11 is 6.67.